The van der Waals surface area contributed by atoms with Crippen molar-refractivity contribution in [2.24, 2.45) is 7.05 Å². The number of halogens is 1. The maximum Gasteiger partial charge on any atom is 0.272 e. The summed E-state index contributed by atoms with van der Waals surface area (Å²) in [5.74, 6) is -0.152. The number of benzene rings is 1. The van der Waals surface area contributed by atoms with Crippen LogP contribution in [0.25, 0.3) is 5.69 Å². The molecular weight excluding hydrogens is 332 g/mol. The molecule has 0 spiro atoms. The number of amides is 1. The minimum absolute atomic E-state index is 0.152. The number of carbonyl (C=O) groups is 1. The quantitative estimate of drug-likeness (QED) is 0.792. The van der Waals surface area contributed by atoms with Crippen LogP contribution < -0.4 is 5.32 Å². The van der Waals surface area contributed by atoms with Crippen LogP contribution in [0.15, 0.2) is 59.5 Å². The zero-order valence-electron chi connectivity index (χ0n) is 11.3. The fraction of sp³-hybridized carbons (Fsp3) is 0.0667. The van der Waals surface area contributed by atoms with Gasteiger partial charge in [0, 0.05) is 35.8 Å². The molecule has 3 rings (SSSR count). The van der Waals surface area contributed by atoms with Gasteiger partial charge in [0.15, 0.2) is 0 Å². The molecule has 0 bridgehead atoms. The summed E-state index contributed by atoms with van der Waals surface area (Å²) in [6, 6.07) is 11.2. The average molecular weight is 345 g/mol. The maximum absolute atomic E-state index is 12.3. The Hall–Kier alpha value is -2.34. The monoisotopic (exact) mass is 344 g/mol. The van der Waals surface area contributed by atoms with Gasteiger partial charge in [-0.05, 0) is 46.3 Å². The van der Waals surface area contributed by atoms with E-state index >= 15 is 0 Å². The zero-order valence-corrected chi connectivity index (χ0v) is 12.9. The molecule has 1 amide bonds. The lowest BCUT2D eigenvalue weighted by atomic mass is 10.2. The maximum atomic E-state index is 12.3. The van der Waals surface area contributed by atoms with Gasteiger partial charge in [0.1, 0.15) is 5.69 Å². The fourth-order valence-corrected chi connectivity index (χ4v) is 2.62. The second kappa shape index (κ2) is 5.57. The first kappa shape index (κ1) is 13.6. The number of hydrogen-bond acceptors (Lipinski definition) is 2. The molecule has 0 aliphatic heterocycles. The third kappa shape index (κ3) is 2.90. The molecule has 0 aliphatic carbocycles. The molecule has 6 heteroatoms. The van der Waals surface area contributed by atoms with Gasteiger partial charge in [-0.15, -0.1) is 0 Å². The molecule has 0 saturated heterocycles. The average Bonchev–Trinajstić information content (AvgIpc) is 3.08. The van der Waals surface area contributed by atoms with E-state index < -0.39 is 0 Å². The lowest BCUT2D eigenvalue weighted by Crippen LogP contribution is -2.15. The molecule has 0 radical (unpaired) electrons. The van der Waals surface area contributed by atoms with Crippen molar-refractivity contribution in [1.82, 2.24) is 14.3 Å². The minimum Gasteiger partial charge on any atom is -0.345 e. The van der Waals surface area contributed by atoms with E-state index in [0.29, 0.717) is 5.69 Å². The van der Waals surface area contributed by atoms with Crippen molar-refractivity contribution in [1.29, 1.82) is 0 Å². The summed E-state index contributed by atoms with van der Waals surface area (Å²) in [7, 11) is 1.83. The van der Waals surface area contributed by atoms with Gasteiger partial charge in [-0.3, -0.25) is 4.79 Å². The van der Waals surface area contributed by atoms with Gasteiger partial charge in [0.05, 0.1) is 5.69 Å². The normalized spacial score (nSPS) is 10.6. The van der Waals surface area contributed by atoms with E-state index in [-0.39, 0.29) is 5.91 Å². The molecule has 21 heavy (non-hydrogen) atoms. The number of anilines is 1. The number of nitrogens with one attached hydrogen (secondary N) is 1. The van der Waals surface area contributed by atoms with Crippen molar-refractivity contribution < 1.29 is 4.79 Å². The molecule has 106 valence electrons. The highest BCUT2D eigenvalue weighted by Gasteiger charge is 2.11. The standard InChI is InChI=1S/C15H13BrN4O/c1-19-10-11(16)8-14(19)15(21)18-12-4-2-5-13(9-12)20-7-3-6-17-20/h2-10H,1H3,(H,18,21). The molecule has 0 aliphatic rings. The first-order valence-corrected chi connectivity index (χ1v) is 7.16. The van der Waals surface area contributed by atoms with Crippen molar-refractivity contribution >= 4 is 27.5 Å². The summed E-state index contributed by atoms with van der Waals surface area (Å²) in [5, 5.41) is 7.07. The van der Waals surface area contributed by atoms with E-state index in [1.54, 1.807) is 21.5 Å². The Morgan fingerprint density at radius 2 is 2.14 bits per heavy atom. The van der Waals surface area contributed by atoms with Crippen LogP contribution >= 0.6 is 15.9 Å². The van der Waals surface area contributed by atoms with Crippen molar-refractivity contribution in [2.75, 3.05) is 5.32 Å². The topological polar surface area (TPSA) is 51.9 Å². The molecule has 3 aromatic rings. The second-order valence-corrected chi connectivity index (χ2v) is 5.53. The van der Waals surface area contributed by atoms with Gasteiger partial charge < -0.3 is 9.88 Å². The van der Waals surface area contributed by atoms with E-state index in [1.165, 1.54) is 0 Å². The number of aryl methyl sites for hydroxylation is 1. The van der Waals surface area contributed by atoms with Crippen LogP contribution in [0.5, 0.6) is 0 Å². The number of rotatable bonds is 3. The largest absolute Gasteiger partial charge is 0.345 e. The number of nitrogens with zero attached hydrogens (tertiary/aromatic N) is 3. The summed E-state index contributed by atoms with van der Waals surface area (Å²) < 4.78 is 4.39. The van der Waals surface area contributed by atoms with Crippen LogP contribution in [0.2, 0.25) is 0 Å². The van der Waals surface area contributed by atoms with E-state index in [9.17, 15) is 4.79 Å². The molecule has 0 unspecified atom stereocenters. The van der Waals surface area contributed by atoms with Gasteiger partial charge in [-0.25, -0.2) is 4.68 Å². The lowest BCUT2D eigenvalue weighted by Gasteiger charge is -2.08. The van der Waals surface area contributed by atoms with E-state index in [4.69, 9.17) is 0 Å². The van der Waals surface area contributed by atoms with Crippen molar-refractivity contribution in [3.05, 3.63) is 65.2 Å². The highest BCUT2D eigenvalue weighted by Crippen LogP contribution is 2.17. The molecule has 0 fully saturated rings. The van der Waals surface area contributed by atoms with Gasteiger partial charge in [-0.2, -0.15) is 5.10 Å². The fourth-order valence-electron chi connectivity index (χ4n) is 2.09. The lowest BCUT2D eigenvalue weighted by molar-refractivity contribution is 0.101. The van der Waals surface area contributed by atoms with Crippen LogP contribution in [0, 0.1) is 0 Å². The first-order valence-electron chi connectivity index (χ1n) is 6.37. The Morgan fingerprint density at radius 1 is 1.29 bits per heavy atom. The minimum atomic E-state index is -0.152. The molecule has 2 aromatic heterocycles. The van der Waals surface area contributed by atoms with Crippen LogP contribution in [0.1, 0.15) is 10.5 Å². The van der Waals surface area contributed by atoms with Gasteiger partial charge in [0.25, 0.3) is 5.91 Å². The second-order valence-electron chi connectivity index (χ2n) is 4.61. The summed E-state index contributed by atoms with van der Waals surface area (Å²) in [6.45, 7) is 0. The van der Waals surface area contributed by atoms with Gasteiger partial charge in [0.2, 0.25) is 0 Å². The van der Waals surface area contributed by atoms with Crippen LogP contribution in [-0.2, 0) is 7.05 Å². The Bertz CT molecular complexity index is 777. The highest BCUT2D eigenvalue weighted by molar-refractivity contribution is 9.10. The van der Waals surface area contributed by atoms with Gasteiger partial charge >= 0.3 is 0 Å². The summed E-state index contributed by atoms with van der Waals surface area (Å²) in [5.41, 5.74) is 2.21. The van der Waals surface area contributed by atoms with E-state index in [2.05, 4.69) is 26.3 Å². The summed E-state index contributed by atoms with van der Waals surface area (Å²) >= 11 is 3.36. The Labute approximate surface area is 130 Å². The Morgan fingerprint density at radius 3 is 2.81 bits per heavy atom. The Kier molecular flexibility index (Phi) is 3.62. The van der Waals surface area contributed by atoms with Crippen LogP contribution in [-0.4, -0.2) is 20.3 Å². The van der Waals surface area contributed by atoms with Crippen molar-refractivity contribution in [3.63, 3.8) is 0 Å². The summed E-state index contributed by atoms with van der Waals surface area (Å²) in [4.78, 5) is 12.3. The van der Waals surface area contributed by atoms with E-state index in [0.717, 1.165) is 15.8 Å². The first-order chi connectivity index (χ1) is 10.1. The highest BCUT2D eigenvalue weighted by atomic mass is 79.9. The molecule has 1 N–H and O–H groups in total. The number of carbonyl (C=O) groups excluding carboxylic acids is 1. The molecule has 2 heterocycles. The Balaban J connectivity index is 1.84. The van der Waals surface area contributed by atoms with Crippen molar-refractivity contribution in [2.45, 2.75) is 0 Å². The molecule has 1 aromatic carbocycles. The van der Waals surface area contributed by atoms with Crippen LogP contribution in [0.3, 0.4) is 0 Å². The van der Waals surface area contributed by atoms with Crippen molar-refractivity contribution in [3.8, 4) is 5.69 Å². The smallest absolute Gasteiger partial charge is 0.272 e. The number of hydrogen-bond donors (Lipinski definition) is 1. The molecule has 0 atom stereocenters. The third-order valence-corrected chi connectivity index (χ3v) is 3.51. The molecule has 0 saturated carbocycles. The van der Waals surface area contributed by atoms with Crippen LogP contribution in [0.4, 0.5) is 5.69 Å². The molecule has 5 nitrogen and oxygen atoms in total. The molecular formula is C15H13BrN4O. The predicted octanol–water partition coefficient (Wildman–Crippen LogP) is 3.23. The number of aromatic nitrogens is 3. The summed E-state index contributed by atoms with van der Waals surface area (Å²) in [6.07, 6.45) is 5.41. The zero-order chi connectivity index (χ0) is 14.8. The van der Waals surface area contributed by atoms with Gasteiger partial charge in [-0.1, -0.05) is 6.07 Å². The van der Waals surface area contributed by atoms with E-state index in [1.807, 2.05) is 49.8 Å². The predicted molar refractivity (Wildman–Crippen MR) is 84.6 cm³/mol. The third-order valence-electron chi connectivity index (χ3n) is 3.08. The SMILES string of the molecule is Cn1cc(Br)cc1C(=O)Nc1cccc(-n2cccn2)c1.